The van der Waals surface area contributed by atoms with Crippen LogP contribution in [0.3, 0.4) is 0 Å². The molecule has 0 spiro atoms. The Kier molecular flexibility index (Phi) is 3.97. The molecule has 2 rings (SSSR count). The number of nitrogens with one attached hydrogen (secondary N) is 1. The van der Waals surface area contributed by atoms with Crippen LogP contribution in [0.2, 0.25) is 0 Å². The first-order valence-corrected chi connectivity index (χ1v) is 6.54. The monoisotopic (exact) mass is 277 g/mol. The van der Waals surface area contributed by atoms with E-state index in [0.29, 0.717) is 11.3 Å². The molecule has 0 saturated carbocycles. The zero-order valence-electron chi connectivity index (χ0n) is 12.5. The summed E-state index contributed by atoms with van der Waals surface area (Å²) in [6.07, 6.45) is 0. The molecule has 0 saturated heterocycles. The van der Waals surface area contributed by atoms with Crippen molar-refractivity contribution in [3.05, 3.63) is 41.0 Å². The Morgan fingerprint density at radius 2 is 2.05 bits per heavy atom. The van der Waals surface area contributed by atoms with Gasteiger partial charge in [-0.25, -0.2) is 4.39 Å². The average Bonchev–Trinajstić information content (AvgIpc) is 2.65. The minimum absolute atomic E-state index is 0.150. The van der Waals surface area contributed by atoms with Gasteiger partial charge in [0.25, 0.3) is 0 Å². The molecule has 1 unspecified atom stereocenters. The number of hydrogen-bond donors (Lipinski definition) is 1. The van der Waals surface area contributed by atoms with Crippen LogP contribution in [0, 0.1) is 19.7 Å². The molecule has 1 aromatic carbocycles. The summed E-state index contributed by atoms with van der Waals surface area (Å²) in [5, 5.41) is 7.68. The van der Waals surface area contributed by atoms with Crippen LogP contribution in [0.1, 0.15) is 29.9 Å². The van der Waals surface area contributed by atoms with Gasteiger partial charge in [0.15, 0.2) is 0 Å². The number of ether oxygens (including phenoxy) is 1. The lowest BCUT2D eigenvalue weighted by Gasteiger charge is -2.17. The van der Waals surface area contributed by atoms with Crippen LogP contribution in [-0.4, -0.2) is 16.9 Å². The Labute approximate surface area is 118 Å². The standard InChI is InChI=1S/C15H20FN3O/c1-9(13-7-6-12(20-5)8-14(13)16)17-15-10(2)18-19(4)11(15)3/h6-9,17H,1-5H3. The van der Waals surface area contributed by atoms with Crippen LogP contribution >= 0.6 is 0 Å². The number of rotatable bonds is 4. The Morgan fingerprint density at radius 1 is 1.35 bits per heavy atom. The molecular formula is C15H20FN3O. The molecule has 0 fully saturated rings. The third kappa shape index (κ3) is 2.61. The number of aromatic nitrogens is 2. The van der Waals surface area contributed by atoms with Crippen molar-refractivity contribution in [3.63, 3.8) is 0 Å². The zero-order valence-corrected chi connectivity index (χ0v) is 12.5. The Balaban J connectivity index is 2.26. The summed E-state index contributed by atoms with van der Waals surface area (Å²) < 4.78 is 20.9. The fourth-order valence-corrected chi connectivity index (χ4v) is 2.26. The number of hydrogen-bond acceptors (Lipinski definition) is 3. The molecular weight excluding hydrogens is 257 g/mol. The van der Waals surface area contributed by atoms with Crippen molar-refractivity contribution in [3.8, 4) is 5.75 Å². The minimum atomic E-state index is -0.274. The molecule has 1 heterocycles. The van der Waals surface area contributed by atoms with Crippen LogP contribution < -0.4 is 10.1 Å². The number of halogens is 1. The van der Waals surface area contributed by atoms with Crippen LogP contribution in [0.25, 0.3) is 0 Å². The van der Waals surface area contributed by atoms with Gasteiger partial charge in [-0.15, -0.1) is 0 Å². The van der Waals surface area contributed by atoms with E-state index in [1.54, 1.807) is 12.1 Å². The maximum atomic E-state index is 14.1. The summed E-state index contributed by atoms with van der Waals surface area (Å²) in [5.41, 5.74) is 3.50. The van der Waals surface area contributed by atoms with E-state index >= 15 is 0 Å². The zero-order chi connectivity index (χ0) is 14.9. The van der Waals surface area contributed by atoms with Gasteiger partial charge in [0.05, 0.1) is 30.2 Å². The highest BCUT2D eigenvalue weighted by Crippen LogP contribution is 2.27. The van der Waals surface area contributed by atoms with Gasteiger partial charge < -0.3 is 10.1 Å². The lowest BCUT2D eigenvalue weighted by Crippen LogP contribution is -2.10. The second-order valence-electron chi connectivity index (χ2n) is 4.92. The number of nitrogens with zero attached hydrogens (tertiary/aromatic N) is 2. The third-order valence-electron chi connectivity index (χ3n) is 3.54. The van der Waals surface area contributed by atoms with E-state index in [2.05, 4.69) is 10.4 Å². The first kappa shape index (κ1) is 14.4. The van der Waals surface area contributed by atoms with E-state index in [0.717, 1.165) is 17.1 Å². The van der Waals surface area contributed by atoms with Gasteiger partial charge in [0, 0.05) is 18.7 Å². The largest absolute Gasteiger partial charge is 0.497 e. The van der Waals surface area contributed by atoms with Crippen molar-refractivity contribution in [1.82, 2.24) is 9.78 Å². The molecule has 5 heteroatoms. The van der Waals surface area contributed by atoms with E-state index < -0.39 is 0 Å². The summed E-state index contributed by atoms with van der Waals surface area (Å²) in [6.45, 7) is 5.85. The van der Waals surface area contributed by atoms with E-state index in [-0.39, 0.29) is 11.9 Å². The fourth-order valence-electron chi connectivity index (χ4n) is 2.26. The van der Waals surface area contributed by atoms with Crippen molar-refractivity contribution in [1.29, 1.82) is 0 Å². The highest BCUT2D eigenvalue weighted by atomic mass is 19.1. The minimum Gasteiger partial charge on any atom is -0.497 e. The maximum absolute atomic E-state index is 14.1. The van der Waals surface area contributed by atoms with Gasteiger partial charge in [-0.2, -0.15) is 5.10 Å². The normalized spacial score (nSPS) is 12.3. The summed E-state index contributed by atoms with van der Waals surface area (Å²) in [7, 11) is 3.42. The lowest BCUT2D eigenvalue weighted by molar-refractivity contribution is 0.410. The number of aryl methyl sites for hydroxylation is 2. The number of methoxy groups -OCH3 is 1. The molecule has 2 aromatic rings. The van der Waals surface area contributed by atoms with Gasteiger partial charge in [0.2, 0.25) is 0 Å². The lowest BCUT2D eigenvalue weighted by atomic mass is 10.1. The molecule has 0 amide bonds. The van der Waals surface area contributed by atoms with E-state index in [9.17, 15) is 4.39 Å². The molecule has 0 aliphatic carbocycles. The van der Waals surface area contributed by atoms with Gasteiger partial charge >= 0.3 is 0 Å². The van der Waals surface area contributed by atoms with Gasteiger partial charge in [-0.3, -0.25) is 4.68 Å². The third-order valence-corrected chi connectivity index (χ3v) is 3.54. The summed E-state index contributed by atoms with van der Waals surface area (Å²) >= 11 is 0. The number of anilines is 1. The summed E-state index contributed by atoms with van der Waals surface area (Å²) in [6, 6.07) is 4.76. The first-order valence-electron chi connectivity index (χ1n) is 6.54. The fraction of sp³-hybridized carbons (Fsp3) is 0.400. The molecule has 0 bridgehead atoms. The molecule has 20 heavy (non-hydrogen) atoms. The van der Waals surface area contributed by atoms with Crippen LogP contribution in [0.15, 0.2) is 18.2 Å². The van der Waals surface area contributed by atoms with E-state index in [1.807, 2.05) is 32.5 Å². The molecule has 1 atom stereocenters. The number of benzene rings is 1. The van der Waals surface area contributed by atoms with Crippen molar-refractivity contribution in [2.75, 3.05) is 12.4 Å². The molecule has 0 aliphatic heterocycles. The Hall–Kier alpha value is -2.04. The predicted molar refractivity (Wildman–Crippen MR) is 77.7 cm³/mol. The van der Waals surface area contributed by atoms with E-state index in [1.165, 1.54) is 13.2 Å². The van der Waals surface area contributed by atoms with Crippen molar-refractivity contribution >= 4 is 5.69 Å². The Morgan fingerprint density at radius 3 is 2.55 bits per heavy atom. The molecule has 1 N–H and O–H groups in total. The molecule has 108 valence electrons. The highest BCUT2D eigenvalue weighted by Gasteiger charge is 2.16. The highest BCUT2D eigenvalue weighted by molar-refractivity contribution is 5.53. The second-order valence-corrected chi connectivity index (χ2v) is 4.92. The van der Waals surface area contributed by atoms with Gasteiger partial charge in [-0.1, -0.05) is 6.07 Å². The Bertz CT molecular complexity index is 622. The van der Waals surface area contributed by atoms with Gasteiger partial charge in [-0.05, 0) is 26.8 Å². The van der Waals surface area contributed by atoms with Crippen LogP contribution in [0.5, 0.6) is 5.75 Å². The summed E-state index contributed by atoms with van der Waals surface area (Å²) in [5.74, 6) is 0.246. The quantitative estimate of drug-likeness (QED) is 0.931. The topological polar surface area (TPSA) is 39.1 Å². The first-order chi connectivity index (χ1) is 9.43. The molecule has 0 aliphatic rings. The van der Waals surface area contributed by atoms with Crippen molar-refractivity contribution in [2.45, 2.75) is 26.8 Å². The molecule has 4 nitrogen and oxygen atoms in total. The average molecular weight is 277 g/mol. The van der Waals surface area contributed by atoms with Crippen molar-refractivity contribution in [2.24, 2.45) is 7.05 Å². The predicted octanol–water partition coefficient (Wildman–Crippen LogP) is 3.36. The molecule has 1 aromatic heterocycles. The van der Waals surface area contributed by atoms with E-state index in [4.69, 9.17) is 4.74 Å². The van der Waals surface area contributed by atoms with Crippen LogP contribution in [-0.2, 0) is 7.05 Å². The molecule has 0 radical (unpaired) electrons. The van der Waals surface area contributed by atoms with Gasteiger partial charge in [0.1, 0.15) is 11.6 Å². The smallest absolute Gasteiger partial charge is 0.132 e. The SMILES string of the molecule is COc1ccc(C(C)Nc2c(C)nn(C)c2C)c(F)c1. The second kappa shape index (κ2) is 5.53. The van der Waals surface area contributed by atoms with Crippen LogP contribution in [0.4, 0.5) is 10.1 Å². The van der Waals surface area contributed by atoms with Crippen molar-refractivity contribution < 1.29 is 9.13 Å². The maximum Gasteiger partial charge on any atom is 0.132 e. The summed E-state index contributed by atoms with van der Waals surface area (Å²) in [4.78, 5) is 0.